The molecule has 2 rings (SSSR count). The average Bonchev–Trinajstić information content (AvgIpc) is 2.38. The Morgan fingerprint density at radius 1 is 1.58 bits per heavy atom. The minimum absolute atomic E-state index is 0.0376. The van der Waals surface area contributed by atoms with Gasteiger partial charge in [0.25, 0.3) is 5.69 Å². The fourth-order valence-corrected chi connectivity index (χ4v) is 2.72. The Kier molecular flexibility index (Phi) is 3.99. The van der Waals surface area contributed by atoms with Crippen LogP contribution in [0.5, 0.6) is 0 Å². The third-order valence-electron chi connectivity index (χ3n) is 3.68. The number of aromatic nitrogens is 1. The van der Waals surface area contributed by atoms with Gasteiger partial charge in [0.15, 0.2) is 0 Å². The lowest BCUT2D eigenvalue weighted by Gasteiger charge is -2.39. The Hall–Kier alpha value is -1.69. The van der Waals surface area contributed by atoms with E-state index in [1.54, 1.807) is 6.07 Å². The molecule has 0 aliphatic carbocycles. The minimum atomic E-state index is -0.414. The minimum Gasteiger partial charge on any atom is -0.352 e. The summed E-state index contributed by atoms with van der Waals surface area (Å²) in [5.41, 5.74) is 6.92. The molecular weight excluding hydrogens is 244 g/mol. The molecule has 104 valence electrons. The highest BCUT2D eigenvalue weighted by molar-refractivity contribution is 5.51. The molecule has 2 N–H and O–H groups in total. The zero-order valence-corrected chi connectivity index (χ0v) is 11.4. The number of nitrogens with zero attached hydrogens (tertiary/aromatic N) is 3. The molecule has 6 nitrogen and oxygen atoms in total. The number of aryl methyl sites for hydroxylation is 1. The molecule has 0 bridgehead atoms. The van der Waals surface area contributed by atoms with Crippen LogP contribution in [0.1, 0.15) is 31.7 Å². The van der Waals surface area contributed by atoms with Crippen LogP contribution in [0.3, 0.4) is 0 Å². The van der Waals surface area contributed by atoms with Crippen molar-refractivity contribution in [2.24, 2.45) is 5.73 Å². The van der Waals surface area contributed by atoms with Gasteiger partial charge in [0.2, 0.25) is 0 Å². The van der Waals surface area contributed by atoms with E-state index in [-0.39, 0.29) is 17.8 Å². The first kappa shape index (κ1) is 13.7. The number of pyridine rings is 1. The first-order valence-corrected chi connectivity index (χ1v) is 6.64. The lowest BCUT2D eigenvalue weighted by Crippen LogP contribution is -2.49. The second kappa shape index (κ2) is 5.52. The van der Waals surface area contributed by atoms with E-state index >= 15 is 0 Å². The molecule has 0 spiro atoms. The van der Waals surface area contributed by atoms with Gasteiger partial charge in [-0.2, -0.15) is 0 Å². The van der Waals surface area contributed by atoms with Crippen molar-refractivity contribution in [1.82, 2.24) is 4.98 Å². The van der Waals surface area contributed by atoms with E-state index in [0.29, 0.717) is 0 Å². The Morgan fingerprint density at radius 2 is 2.32 bits per heavy atom. The van der Waals surface area contributed by atoms with Gasteiger partial charge >= 0.3 is 0 Å². The van der Waals surface area contributed by atoms with Gasteiger partial charge in [0, 0.05) is 24.7 Å². The summed E-state index contributed by atoms with van der Waals surface area (Å²) in [5, 5.41) is 10.7. The third-order valence-corrected chi connectivity index (χ3v) is 3.68. The summed E-state index contributed by atoms with van der Waals surface area (Å²) in [6.45, 7) is 4.78. The van der Waals surface area contributed by atoms with Gasteiger partial charge in [-0.1, -0.05) is 0 Å². The summed E-state index contributed by atoms with van der Waals surface area (Å²) >= 11 is 0. The second-order valence-corrected chi connectivity index (χ2v) is 5.21. The normalized spacial score (nSPS) is 21.2. The average molecular weight is 264 g/mol. The van der Waals surface area contributed by atoms with Gasteiger partial charge in [0.1, 0.15) is 12.0 Å². The number of nitro groups is 1. The number of hydrogen-bond acceptors (Lipinski definition) is 5. The largest absolute Gasteiger partial charge is 0.352 e. The molecule has 1 aromatic heterocycles. The Bertz CT molecular complexity index is 476. The molecule has 1 aliphatic rings. The molecule has 2 heterocycles. The predicted octanol–water partition coefficient (Wildman–Crippen LogP) is 2.00. The van der Waals surface area contributed by atoms with Crippen molar-refractivity contribution in [3.63, 3.8) is 0 Å². The molecule has 0 amide bonds. The highest BCUT2D eigenvalue weighted by atomic mass is 16.6. The number of nitrogens with two attached hydrogens (primary N) is 1. The highest BCUT2D eigenvalue weighted by Crippen LogP contribution is 2.28. The van der Waals surface area contributed by atoms with Crippen molar-refractivity contribution < 1.29 is 4.92 Å². The van der Waals surface area contributed by atoms with Crippen LogP contribution in [0.25, 0.3) is 0 Å². The maximum Gasteiger partial charge on any atom is 0.287 e. The van der Waals surface area contributed by atoms with E-state index in [1.165, 1.54) is 12.6 Å². The zero-order chi connectivity index (χ0) is 14.0. The van der Waals surface area contributed by atoms with Crippen LogP contribution in [0.15, 0.2) is 12.3 Å². The van der Waals surface area contributed by atoms with Crippen LogP contribution in [0, 0.1) is 17.0 Å². The number of hydrogen-bond donors (Lipinski definition) is 1. The van der Waals surface area contributed by atoms with Crippen molar-refractivity contribution in [3.05, 3.63) is 27.9 Å². The van der Waals surface area contributed by atoms with E-state index < -0.39 is 4.92 Å². The molecule has 0 radical (unpaired) electrons. The summed E-state index contributed by atoms with van der Waals surface area (Å²) in [6.07, 6.45) is 4.67. The van der Waals surface area contributed by atoms with Crippen LogP contribution >= 0.6 is 0 Å². The molecule has 2 atom stereocenters. The lowest BCUT2D eigenvalue weighted by molar-refractivity contribution is -0.385. The van der Waals surface area contributed by atoms with Crippen LogP contribution in [-0.4, -0.2) is 28.5 Å². The van der Waals surface area contributed by atoms with E-state index in [0.717, 1.165) is 30.8 Å². The highest BCUT2D eigenvalue weighted by Gasteiger charge is 2.27. The van der Waals surface area contributed by atoms with Crippen molar-refractivity contribution in [3.8, 4) is 0 Å². The summed E-state index contributed by atoms with van der Waals surface area (Å²) in [7, 11) is 0. The lowest BCUT2D eigenvalue weighted by atomic mass is 9.96. The molecule has 2 unspecified atom stereocenters. The quantitative estimate of drug-likeness (QED) is 0.666. The number of rotatable bonds is 3. The van der Waals surface area contributed by atoms with Gasteiger partial charge in [-0.05, 0) is 38.7 Å². The molecule has 1 aromatic rings. The predicted molar refractivity (Wildman–Crippen MR) is 74.3 cm³/mol. The van der Waals surface area contributed by atoms with Crippen LogP contribution in [-0.2, 0) is 0 Å². The first-order chi connectivity index (χ1) is 9.00. The van der Waals surface area contributed by atoms with Gasteiger partial charge in [0.05, 0.1) is 4.92 Å². The molecule has 19 heavy (non-hydrogen) atoms. The molecule has 1 fully saturated rings. The maximum absolute atomic E-state index is 10.7. The Balaban J connectivity index is 2.31. The fraction of sp³-hybridized carbons (Fsp3) is 0.615. The summed E-state index contributed by atoms with van der Waals surface area (Å²) < 4.78 is 0. The van der Waals surface area contributed by atoms with Crippen molar-refractivity contribution in [1.29, 1.82) is 0 Å². The molecule has 0 aromatic carbocycles. The van der Waals surface area contributed by atoms with E-state index in [1.807, 2.05) is 13.8 Å². The van der Waals surface area contributed by atoms with Crippen LogP contribution in [0.4, 0.5) is 11.5 Å². The summed E-state index contributed by atoms with van der Waals surface area (Å²) in [6, 6.07) is 1.91. The first-order valence-electron chi connectivity index (χ1n) is 6.64. The summed E-state index contributed by atoms with van der Waals surface area (Å²) in [5.74, 6) is 0.826. The maximum atomic E-state index is 10.7. The molecule has 6 heteroatoms. The van der Waals surface area contributed by atoms with E-state index in [9.17, 15) is 10.1 Å². The van der Waals surface area contributed by atoms with E-state index in [4.69, 9.17) is 5.73 Å². The van der Waals surface area contributed by atoms with Crippen LogP contribution < -0.4 is 10.6 Å². The SMILES string of the molecule is Cc1cc([N+](=O)[O-])cnc1N1CCCCC1C(C)N. The van der Waals surface area contributed by atoms with Gasteiger partial charge in [-0.15, -0.1) is 0 Å². The fourth-order valence-electron chi connectivity index (χ4n) is 2.72. The Morgan fingerprint density at radius 3 is 2.89 bits per heavy atom. The van der Waals surface area contributed by atoms with Crippen molar-refractivity contribution in [2.75, 3.05) is 11.4 Å². The second-order valence-electron chi connectivity index (χ2n) is 5.21. The van der Waals surface area contributed by atoms with Crippen molar-refractivity contribution >= 4 is 11.5 Å². The summed E-state index contributed by atoms with van der Waals surface area (Å²) in [4.78, 5) is 16.8. The Labute approximate surface area is 112 Å². The third kappa shape index (κ3) is 2.84. The van der Waals surface area contributed by atoms with Gasteiger partial charge in [-0.25, -0.2) is 4.98 Å². The monoisotopic (exact) mass is 264 g/mol. The number of piperidine rings is 1. The standard InChI is InChI=1S/C13H20N4O2/c1-9-7-11(17(18)19)8-15-13(9)16-6-4-3-5-12(16)10(2)14/h7-8,10,12H,3-6,14H2,1-2H3. The number of anilines is 1. The van der Waals surface area contributed by atoms with Gasteiger partial charge < -0.3 is 10.6 Å². The smallest absolute Gasteiger partial charge is 0.287 e. The molecule has 1 saturated heterocycles. The molecule has 0 saturated carbocycles. The van der Waals surface area contributed by atoms with Gasteiger partial charge in [-0.3, -0.25) is 10.1 Å². The molecular formula is C13H20N4O2. The zero-order valence-electron chi connectivity index (χ0n) is 11.4. The van der Waals surface area contributed by atoms with E-state index in [2.05, 4.69) is 9.88 Å². The van der Waals surface area contributed by atoms with Crippen molar-refractivity contribution in [2.45, 2.75) is 45.2 Å². The van der Waals surface area contributed by atoms with Crippen LogP contribution in [0.2, 0.25) is 0 Å². The topological polar surface area (TPSA) is 85.3 Å². The molecule has 1 aliphatic heterocycles.